The summed E-state index contributed by atoms with van der Waals surface area (Å²) in [5.74, 6) is 0.240. The molecule has 0 saturated heterocycles. The summed E-state index contributed by atoms with van der Waals surface area (Å²) in [6, 6.07) is 2.68. The first-order valence-corrected chi connectivity index (χ1v) is 10.7. The molecule has 2 heterocycles. The van der Waals surface area contributed by atoms with Crippen molar-refractivity contribution in [1.82, 2.24) is 15.3 Å². The Morgan fingerprint density at radius 3 is 2.59 bits per heavy atom. The van der Waals surface area contributed by atoms with E-state index in [1.54, 1.807) is 17.5 Å². The number of hydrogen-bond acceptors (Lipinski definition) is 6. The van der Waals surface area contributed by atoms with Gasteiger partial charge >= 0.3 is 0 Å². The van der Waals surface area contributed by atoms with Gasteiger partial charge in [-0.2, -0.15) is 4.98 Å². The molecule has 2 N–H and O–H groups in total. The number of fused-ring (bicyclic) bond motifs is 1. The molecule has 0 bridgehead atoms. The first kappa shape index (κ1) is 18.6. The van der Waals surface area contributed by atoms with E-state index in [1.807, 2.05) is 19.9 Å². The lowest BCUT2D eigenvalue weighted by Gasteiger charge is -2.36. The number of anilines is 1. The van der Waals surface area contributed by atoms with Gasteiger partial charge in [0, 0.05) is 25.3 Å². The van der Waals surface area contributed by atoms with Crippen molar-refractivity contribution in [3.05, 3.63) is 17.8 Å². The van der Waals surface area contributed by atoms with Gasteiger partial charge in [-0.3, -0.25) is 4.79 Å². The van der Waals surface area contributed by atoms with E-state index in [2.05, 4.69) is 27.2 Å². The molecule has 2 aliphatic rings. The molecular formula is C20H28N4O2S. The second-order valence-electron chi connectivity index (χ2n) is 8.56. The number of hydrogen-bond donors (Lipinski definition) is 2. The van der Waals surface area contributed by atoms with Crippen molar-refractivity contribution >= 4 is 32.7 Å². The number of pyridine rings is 1. The van der Waals surface area contributed by atoms with Crippen LogP contribution < -0.4 is 10.2 Å². The van der Waals surface area contributed by atoms with Crippen molar-refractivity contribution in [2.75, 3.05) is 11.9 Å². The third-order valence-corrected chi connectivity index (χ3v) is 7.04. The molecule has 146 valence electrons. The van der Waals surface area contributed by atoms with Crippen molar-refractivity contribution in [3.8, 4) is 0 Å². The molecule has 6 nitrogen and oxygen atoms in total. The van der Waals surface area contributed by atoms with Crippen LogP contribution in [0.25, 0.3) is 10.3 Å². The Bertz CT molecular complexity index is 832. The summed E-state index contributed by atoms with van der Waals surface area (Å²) in [7, 11) is 2.08. The lowest BCUT2D eigenvalue weighted by atomic mass is 9.77. The molecule has 0 unspecified atom stereocenters. The number of nitrogens with one attached hydrogen (secondary N) is 1. The summed E-state index contributed by atoms with van der Waals surface area (Å²) >= 11 is 1.60. The van der Waals surface area contributed by atoms with Gasteiger partial charge in [-0.15, -0.1) is 0 Å². The molecule has 7 heteroatoms. The minimum absolute atomic E-state index is 0.0680. The molecule has 2 aliphatic carbocycles. The predicted molar refractivity (Wildman–Crippen MR) is 108 cm³/mol. The van der Waals surface area contributed by atoms with Crippen LogP contribution in [0, 0.1) is 5.92 Å². The van der Waals surface area contributed by atoms with Crippen molar-refractivity contribution in [2.24, 2.45) is 5.92 Å². The van der Waals surface area contributed by atoms with Crippen LogP contribution in [-0.2, 0) is 0 Å². The SMILES string of the molecule is CN(c1nc2ncc(C(=O)NC3CCC(C(C)(C)O)CC3)cc2s1)C1CC1. The Labute approximate surface area is 164 Å². The van der Waals surface area contributed by atoms with E-state index in [-0.39, 0.29) is 11.9 Å². The highest BCUT2D eigenvalue weighted by molar-refractivity contribution is 7.22. The van der Waals surface area contributed by atoms with Crippen LogP contribution in [0.4, 0.5) is 5.13 Å². The van der Waals surface area contributed by atoms with Gasteiger partial charge in [0.1, 0.15) is 0 Å². The van der Waals surface area contributed by atoms with E-state index >= 15 is 0 Å². The fourth-order valence-electron chi connectivity index (χ4n) is 3.91. The normalized spacial score (nSPS) is 23.4. The van der Waals surface area contributed by atoms with Crippen molar-refractivity contribution in [2.45, 2.75) is 70.1 Å². The molecule has 4 rings (SSSR count). The number of carbonyl (C=O) groups excluding carboxylic acids is 1. The van der Waals surface area contributed by atoms with E-state index in [9.17, 15) is 9.90 Å². The highest BCUT2D eigenvalue weighted by Gasteiger charge is 2.32. The average molecular weight is 389 g/mol. The van der Waals surface area contributed by atoms with Gasteiger partial charge in [0.05, 0.1) is 15.9 Å². The minimum Gasteiger partial charge on any atom is -0.390 e. The third-order valence-electron chi connectivity index (χ3n) is 5.96. The second kappa shape index (κ2) is 7.02. The maximum atomic E-state index is 12.7. The summed E-state index contributed by atoms with van der Waals surface area (Å²) in [5.41, 5.74) is 0.669. The first-order chi connectivity index (χ1) is 12.8. The molecule has 0 aromatic carbocycles. The lowest BCUT2D eigenvalue weighted by molar-refractivity contribution is -0.00257. The number of amides is 1. The number of rotatable bonds is 5. The second-order valence-corrected chi connectivity index (χ2v) is 9.57. The molecule has 2 aromatic rings. The van der Waals surface area contributed by atoms with Crippen LogP contribution in [0.15, 0.2) is 12.3 Å². The summed E-state index contributed by atoms with van der Waals surface area (Å²) in [6.07, 6.45) is 7.78. The van der Waals surface area contributed by atoms with Crippen LogP contribution in [0.1, 0.15) is 62.7 Å². The van der Waals surface area contributed by atoms with Crippen LogP contribution in [-0.4, -0.2) is 45.7 Å². The number of nitrogens with zero attached hydrogens (tertiary/aromatic N) is 3. The van der Waals surface area contributed by atoms with Gasteiger partial charge in [-0.1, -0.05) is 11.3 Å². The van der Waals surface area contributed by atoms with Crippen LogP contribution in [0.3, 0.4) is 0 Å². The largest absolute Gasteiger partial charge is 0.390 e. The zero-order valence-electron chi connectivity index (χ0n) is 16.2. The van der Waals surface area contributed by atoms with Crippen molar-refractivity contribution in [3.63, 3.8) is 0 Å². The van der Waals surface area contributed by atoms with Crippen LogP contribution in [0.5, 0.6) is 0 Å². The summed E-state index contributed by atoms with van der Waals surface area (Å²) in [6.45, 7) is 3.75. The summed E-state index contributed by atoms with van der Waals surface area (Å²) < 4.78 is 0.955. The van der Waals surface area contributed by atoms with Crippen LogP contribution >= 0.6 is 11.3 Å². The quantitative estimate of drug-likeness (QED) is 0.821. The molecule has 2 aromatic heterocycles. The highest BCUT2D eigenvalue weighted by Crippen LogP contribution is 2.35. The fourth-order valence-corrected chi connectivity index (χ4v) is 4.91. The summed E-state index contributed by atoms with van der Waals surface area (Å²) in [5, 5.41) is 14.3. The Kier molecular flexibility index (Phi) is 4.84. The zero-order chi connectivity index (χ0) is 19.2. The van der Waals surface area contributed by atoms with Gasteiger partial charge in [0.2, 0.25) is 0 Å². The molecule has 0 radical (unpaired) electrons. The van der Waals surface area contributed by atoms with Gasteiger partial charge < -0.3 is 15.3 Å². The van der Waals surface area contributed by atoms with Gasteiger partial charge in [-0.05, 0) is 64.4 Å². The van der Waals surface area contributed by atoms with Crippen molar-refractivity contribution < 1.29 is 9.90 Å². The van der Waals surface area contributed by atoms with E-state index in [0.717, 1.165) is 35.5 Å². The molecule has 0 aliphatic heterocycles. The summed E-state index contributed by atoms with van der Waals surface area (Å²) in [4.78, 5) is 23.9. The zero-order valence-corrected chi connectivity index (χ0v) is 17.1. The lowest BCUT2D eigenvalue weighted by Crippen LogP contribution is -2.41. The fraction of sp³-hybridized carbons (Fsp3) is 0.650. The van der Waals surface area contributed by atoms with Crippen LogP contribution in [0.2, 0.25) is 0 Å². The van der Waals surface area contributed by atoms with E-state index < -0.39 is 5.60 Å². The predicted octanol–water partition coefficient (Wildman–Crippen LogP) is 3.35. The molecule has 0 spiro atoms. The first-order valence-electron chi connectivity index (χ1n) is 9.84. The minimum atomic E-state index is -0.637. The Balaban J connectivity index is 1.41. The van der Waals surface area contributed by atoms with E-state index in [4.69, 9.17) is 0 Å². The number of aliphatic hydroxyl groups is 1. The number of carbonyl (C=O) groups is 1. The highest BCUT2D eigenvalue weighted by atomic mass is 32.1. The van der Waals surface area contributed by atoms with E-state index in [0.29, 0.717) is 23.2 Å². The smallest absolute Gasteiger partial charge is 0.253 e. The Hall–Kier alpha value is -1.73. The maximum absolute atomic E-state index is 12.7. The monoisotopic (exact) mass is 388 g/mol. The van der Waals surface area contributed by atoms with E-state index in [1.165, 1.54) is 12.8 Å². The number of thiazole rings is 1. The molecule has 2 fully saturated rings. The molecule has 2 saturated carbocycles. The molecule has 1 amide bonds. The van der Waals surface area contributed by atoms with Gasteiger partial charge in [-0.25, -0.2) is 4.98 Å². The van der Waals surface area contributed by atoms with Gasteiger partial charge in [0.25, 0.3) is 5.91 Å². The third kappa shape index (κ3) is 4.09. The molecular weight excluding hydrogens is 360 g/mol. The standard InChI is InChI=1S/C20H28N4O2S/c1-20(2,26)13-4-6-14(7-5-13)22-18(25)12-10-16-17(21-11-12)23-19(27-16)24(3)15-8-9-15/h10-11,13-15,26H,4-9H2,1-3H3,(H,22,25). The van der Waals surface area contributed by atoms with Crippen molar-refractivity contribution in [1.29, 1.82) is 0 Å². The average Bonchev–Trinajstić information content (AvgIpc) is 3.39. The van der Waals surface area contributed by atoms with Gasteiger partial charge in [0.15, 0.2) is 10.8 Å². The molecule has 0 atom stereocenters. The molecule has 27 heavy (non-hydrogen) atoms. The Morgan fingerprint density at radius 1 is 1.26 bits per heavy atom. The Morgan fingerprint density at radius 2 is 1.96 bits per heavy atom. The maximum Gasteiger partial charge on any atom is 0.253 e. The number of aromatic nitrogens is 2. The topological polar surface area (TPSA) is 78.4 Å².